The monoisotopic (exact) mass is 356 g/mol. The molecule has 2 rings (SSSR count). The average Bonchev–Trinajstić information content (AvgIpc) is 2.23. The summed E-state index contributed by atoms with van der Waals surface area (Å²) in [5.41, 5.74) is -0.132. The number of carbonyl (C=O) groups is 1. The molecule has 0 spiro atoms. The highest BCUT2D eigenvalue weighted by Gasteiger charge is 2.44. The molecular formula is C12H10Br2N2O. The molecule has 0 atom stereocenters. The minimum absolute atomic E-state index is 0.204. The summed E-state index contributed by atoms with van der Waals surface area (Å²) >= 11 is 6.72. The molecule has 0 unspecified atom stereocenters. The summed E-state index contributed by atoms with van der Waals surface area (Å²) in [6.45, 7) is 0. The first-order chi connectivity index (χ1) is 8.07. The fourth-order valence-corrected chi connectivity index (χ4v) is 2.46. The molecular weight excluding hydrogens is 348 g/mol. The number of hydrogen-bond donors (Lipinski definition) is 1. The Labute approximate surface area is 116 Å². The van der Waals surface area contributed by atoms with Crippen molar-refractivity contribution in [2.75, 3.05) is 5.32 Å². The van der Waals surface area contributed by atoms with Gasteiger partial charge in [0, 0.05) is 8.95 Å². The third-order valence-corrected chi connectivity index (χ3v) is 4.22. The number of rotatable bonds is 2. The van der Waals surface area contributed by atoms with Crippen LogP contribution in [0.1, 0.15) is 19.3 Å². The summed E-state index contributed by atoms with van der Waals surface area (Å²) in [5.74, 6) is -0.204. The van der Waals surface area contributed by atoms with Crippen LogP contribution in [-0.4, -0.2) is 5.91 Å². The molecule has 0 radical (unpaired) electrons. The van der Waals surface area contributed by atoms with Crippen LogP contribution in [0.4, 0.5) is 5.69 Å². The third kappa shape index (κ3) is 2.38. The average molecular weight is 358 g/mol. The van der Waals surface area contributed by atoms with Gasteiger partial charge in [0.05, 0.1) is 11.8 Å². The summed E-state index contributed by atoms with van der Waals surface area (Å²) in [6.07, 6.45) is 2.25. The number of anilines is 1. The number of benzene rings is 1. The van der Waals surface area contributed by atoms with Gasteiger partial charge >= 0.3 is 0 Å². The van der Waals surface area contributed by atoms with E-state index in [1.165, 1.54) is 0 Å². The maximum atomic E-state index is 12.0. The Morgan fingerprint density at radius 2 is 2.12 bits per heavy atom. The van der Waals surface area contributed by atoms with E-state index in [1.54, 1.807) is 0 Å². The number of nitriles is 1. The van der Waals surface area contributed by atoms with Crippen LogP contribution < -0.4 is 5.32 Å². The van der Waals surface area contributed by atoms with Crippen molar-refractivity contribution in [1.29, 1.82) is 5.26 Å². The van der Waals surface area contributed by atoms with Gasteiger partial charge in [0.1, 0.15) is 5.41 Å². The molecule has 1 fully saturated rings. The minimum atomic E-state index is -0.818. The second-order valence-electron chi connectivity index (χ2n) is 4.13. The molecule has 1 amide bonds. The number of carbonyl (C=O) groups excluding carboxylic acids is 1. The summed E-state index contributed by atoms with van der Waals surface area (Å²) < 4.78 is 1.69. The molecule has 1 aliphatic carbocycles. The van der Waals surface area contributed by atoms with Crippen LogP contribution in [0.2, 0.25) is 0 Å². The van der Waals surface area contributed by atoms with Gasteiger partial charge in [-0.25, -0.2) is 0 Å². The molecule has 0 aliphatic heterocycles. The summed E-state index contributed by atoms with van der Waals surface area (Å²) in [5, 5.41) is 11.9. The van der Waals surface area contributed by atoms with Crippen LogP contribution >= 0.6 is 31.9 Å². The molecule has 1 N–H and O–H groups in total. The van der Waals surface area contributed by atoms with Crippen molar-refractivity contribution in [3.8, 4) is 6.07 Å². The number of amides is 1. The molecule has 1 aromatic rings. The van der Waals surface area contributed by atoms with Crippen LogP contribution in [0.5, 0.6) is 0 Å². The summed E-state index contributed by atoms with van der Waals surface area (Å²) in [6, 6.07) is 7.67. The lowest BCUT2D eigenvalue weighted by Gasteiger charge is -2.33. The van der Waals surface area contributed by atoms with Crippen molar-refractivity contribution in [2.45, 2.75) is 19.3 Å². The lowest BCUT2D eigenvalue weighted by Crippen LogP contribution is -2.40. The highest BCUT2D eigenvalue weighted by molar-refractivity contribution is 9.11. The maximum absolute atomic E-state index is 12.0. The van der Waals surface area contributed by atoms with Gasteiger partial charge in [0.2, 0.25) is 5.91 Å². The first-order valence-electron chi connectivity index (χ1n) is 5.25. The molecule has 1 saturated carbocycles. The van der Waals surface area contributed by atoms with E-state index in [0.717, 1.165) is 15.4 Å². The van der Waals surface area contributed by atoms with Crippen LogP contribution in [0.3, 0.4) is 0 Å². The zero-order chi connectivity index (χ0) is 12.5. The molecule has 1 aromatic carbocycles. The summed E-state index contributed by atoms with van der Waals surface area (Å²) in [7, 11) is 0. The second kappa shape index (κ2) is 4.79. The largest absolute Gasteiger partial charge is 0.324 e. The Bertz CT molecular complexity index is 504. The van der Waals surface area contributed by atoms with E-state index in [0.29, 0.717) is 18.5 Å². The first kappa shape index (κ1) is 12.6. The fourth-order valence-electron chi connectivity index (χ4n) is 1.76. The topological polar surface area (TPSA) is 52.9 Å². The Morgan fingerprint density at radius 1 is 1.41 bits per heavy atom. The van der Waals surface area contributed by atoms with Crippen molar-refractivity contribution in [2.24, 2.45) is 5.41 Å². The lowest BCUT2D eigenvalue weighted by molar-refractivity contribution is -0.126. The SMILES string of the molecule is N#CC1(C(=O)Nc2cc(Br)ccc2Br)CCC1. The van der Waals surface area contributed by atoms with E-state index in [1.807, 2.05) is 18.2 Å². The molecule has 0 aromatic heterocycles. The predicted octanol–water partition coefficient (Wildman–Crippen LogP) is 3.84. The van der Waals surface area contributed by atoms with Gasteiger partial charge in [-0.15, -0.1) is 0 Å². The zero-order valence-corrected chi connectivity index (χ0v) is 12.1. The van der Waals surface area contributed by atoms with E-state index >= 15 is 0 Å². The fraction of sp³-hybridized carbons (Fsp3) is 0.333. The van der Waals surface area contributed by atoms with Gasteiger partial charge in [-0.2, -0.15) is 5.26 Å². The first-order valence-corrected chi connectivity index (χ1v) is 6.84. The molecule has 0 bridgehead atoms. The maximum Gasteiger partial charge on any atom is 0.244 e. The predicted molar refractivity (Wildman–Crippen MR) is 72.4 cm³/mol. The van der Waals surface area contributed by atoms with Crippen molar-refractivity contribution in [3.63, 3.8) is 0 Å². The van der Waals surface area contributed by atoms with Crippen LogP contribution in [-0.2, 0) is 4.79 Å². The quantitative estimate of drug-likeness (QED) is 0.874. The van der Waals surface area contributed by atoms with Crippen molar-refractivity contribution >= 4 is 43.5 Å². The normalized spacial score (nSPS) is 16.8. The highest BCUT2D eigenvalue weighted by Crippen LogP contribution is 2.41. The molecule has 5 heteroatoms. The van der Waals surface area contributed by atoms with Crippen molar-refractivity contribution in [1.82, 2.24) is 0 Å². The molecule has 0 heterocycles. The van der Waals surface area contributed by atoms with Crippen molar-refractivity contribution < 1.29 is 4.79 Å². The second-order valence-corrected chi connectivity index (χ2v) is 5.90. The Morgan fingerprint density at radius 3 is 2.65 bits per heavy atom. The van der Waals surface area contributed by atoms with Gasteiger partial charge in [-0.05, 0) is 53.4 Å². The molecule has 88 valence electrons. The smallest absolute Gasteiger partial charge is 0.244 e. The third-order valence-electron chi connectivity index (χ3n) is 3.03. The number of hydrogen-bond acceptors (Lipinski definition) is 2. The number of halogens is 2. The zero-order valence-electron chi connectivity index (χ0n) is 8.96. The Balaban J connectivity index is 2.19. The van der Waals surface area contributed by atoms with Gasteiger partial charge in [-0.1, -0.05) is 15.9 Å². The lowest BCUT2D eigenvalue weighted by atomic mass is 9.69. The summed E-state index contributed by atoms with van der Waals surface area (Å²) in [4.78, 5) is 12.0. The molecule has 17 heavy (non-hydrogen) atoms. The standard InChI is InChI=1S/C12H10Br2N2O/c13-8-2-3-9(14)10(6-8)16-11(17)12(7-15)4-1-5-12/h2-3,6H,1,4-5H2,(H,16,17). The highest BCUT2D eigenvalue weighted by atomic mass is 79.9. The van der Waals surface area contributed by atoms with Crippen LogP contribution in [0.25, 0.3) is 0 Å². The number of nitrogens with one attached hydrogen (secondary N) is 1. The van der Waals surface area contributed by atoms with Crippen molar-refractivity contribution in [3.05, 3.63) is 27.1 Å². The van der Waals surface area contributed by atoms with E-state index in [2.05, 4.69) is 43.2 Å². The molecule has 0 saturated heterocycles. The van der Waals surface area contributed by atoms with Gasteiger partial charge < -0.3 is 5.32 Å². The van der Waals surface area contributed by atoms with E-state index in [9.17, 15) is 4.79 Å². The van der Waals surface area contributed by atoms with Gasteiger partial charge in [-0.3, -0.25) is 4.79 Å². The van der Waals surface area contributed by atoms with E-state index in [4.69, 9.17) is 5.26 Å². The van der Waals surface area contributed by atoms with Crippen LogP contribution in [0, 0.1) is 16.7 Å². The Kier molecular flexibility index (Phi) is 3.55. The number of nitrogens with zero attached hydrogens (tertiary/aromatic N) is 1. The van der Waals surface area contributed by atoms with Gasteiger partial charge in [0.15, 0.2) is 0 Å². The van der Waals surface area contributed by atoms with Gasteiger partial charge in [0.25, 0.3) is 0 Å². The molecule has 3 nitrogen and oxygen atoms in total. The van der Waals surface area contributed by atoms with E-state index < -0.39 is 5.41 Å². The Hall–Kier alpha value is -0.860. The molecule has 1 aliphatic rings. The van der Waals surface area contributed by atoms with E-state index in [-0.39, 0.29) is 5.91 Å². The minimum Gasteiger partial charge on any atom is -0.324 e. The van der Waals surface area contributed by atoms with Crippen LogP contribution in [0.15, 0.2) is 27.1 Å².